The predicted octanol–water partition coefficient (Wildman–Crippen LogP) is -0.449. The second-order valence-electron chi connectivity index (χ2n) is 1.28. The Morgan fingerprint density at radius 1 is 1.67 bits per heavy atom. The molecule has 0 aromatic rings. The molecule has 0 saturated heterocycles. The minimum absolute atomic E-state index is 0. The molecule has 9 heavy (non-hydrogen) atoms. The van der Waals surface area contributed by atoms with Gasteiger partial charge in [-0.2, -0.15) is 0 Å². The summed E-state index contributed by atoms with van der Waals surface area (Å²) in [6.07, 6.45) is 0.105. The zero-order valence-electron chi connectivity index (χ0n) is 5.89. The summed E-state index contributed by atoms with van der Waals surface area (Å²) in [7, 11) is 0. The zero-order valence-corrected chi connectivity index (χ0v) is 7.89. The molecule has 0 spiro atoms. The molecular formula is C5H10NaO3. The van der Waals surface area contributed by atoms with Crippen molar-refractivity contribution in [1.29, 1.82) is 0 Å². The molecule has 1 radical (unpaired) electrons. The molecule has 0 aliphatic rings. The molecule has 0 atom stereocenters. The van der Waals surface area contributed by atoms with Crippen LogP contribution in [-0.4, -0.2) is 53.8 Å². The van der Waals surface area contributed by atoms with Gasteiger partial charge in [0.05, 0.1) is 19.6 Å². The van der Waals surface area contributed by atoms with Crippen LogP contribution in [0.15, 0.2) is 0 Å². The van der Waals surface area contributed by atoms with E-state index in [1.54, 1.807) is 6.92 Å². The summed E-state index contributed by atoms with van der Waals surface area (Å²) in [5.41, 5.74) is 0. The fourth-order valence-electron chi connectivity index (χ4n) is 0.324. The van der Waals surface area contributed by atoms with Crippen LogP contribution < -0.4 is 0 Å². The summed E-state index contributed by atoms with van der Waals surface area (Å²) < 4.78 is 4.48. The minimum Gasteiger partial charge on any atom is -0.466 e. The number of hydrogen-bond donors (Lipinski definition) is 1. The zero-order chi connectivity index (χ0) is 6.41. The molecule has 0 aliphatic heterocycles. The van der Waals surface area contributed by atoms with E-state index in [-0.39, 0.29) is 48.6 Å². The maximum absolute atomic E-state index is 10.3. The van der Waals surface area contributed by atoms with Crippen molar-refractivity contribution >= 4 is 35.5 Å². The Balaban J connectivity index is 0. The van der Waals surface area contributed by atoms with Gasteiger partial charge >= 0.3 is 5.97 Å². The third-order valence-electron chi connectivity index (χ3n) is 0.621. The standard InChI is InChI=1S/C5H10O3.Na/c1-2-8-5(7)3-4-6;/h6H,2-4H2,1H3;. The molecule has 0 aliphatic carbocycles. The molecule has 0 saturated carbocycles. The van der Waals surface area contributed by atoms with Crippen molar-refractivity contribution < 1.29 is 14.6 Å². The van der Waals surface area contributed by atoms with E-state index in [9.17, 15) is 4.79 Å². The first kappa shape index (κ1) is 12.1. The molecular weight excluding hydrogens is 131 g/mol. The monoisotopic (exact) mass is 141 g/mol. The molecule has 0 aromatic carbocycles. The summed E-state index contributed by atoms with van der Waals surface area (Å²) in [4.78, 5) is 10.3. The first-order valence-corrected chi connectivity index (χ1v) is 2.57. The van der Waals surface area contributed by atoms with Gasteiger partial charge < -0.3 is 9.84 Å². The van der Waals surface area contributed by atoms with Crippen LogP contribution in [0.4, 0.5) is 0 Å². The Morgan fingerprint density at radius 3 is 2.56 bits per heavy atom. The van der Waals surface area contributed by atoms with E-state index in [4.69, 9.17) is 5.11 Å². The first-order valence-electron chi connectivity index (χ1n) is 2.57. The summed E-state index contributed by atoms with van der Waals surface area (Å²) >= 11 is 0. The van der Waals surface area contributed by atoms with E-state index in [0.29, 0.717) is 6.61 Å². The van der Waals surface area contributed by atoms with Crippen LogP contribution in [0.1, 0.15) is 13.3 Å². The maximum Gasteiger partial charge on any atom is 0.308 e. The van der Waals surface area contributed by atoms with Gasteiger partial charge in [-0.15, -0.1) is 0 Å². The Bertz CT molecular complexity index is 66.6. The number of aliphatic hydroxyl groups is 1. The molecule has 0 unspecified atom stereocenters. The summed E-state index contributed by atoms with van der Waals surface area (Å²) in [5.74, 6) is -0.338. The van der Waals surface area contributed by atoms with E-state index >= 15 is 0 Å². The number of rotatable bonds is 3. The topological polar surface area (TPSA) is 46.5 Å². The molecule has 0 bridgehead atoms. The Kier molecular flexibility index (Phi) is 11.4. The largest absolute Gasteiger partial charge is 0.466 e. The van der Waals surface area contributed by atoms with Crippen molar-refractivity contribution in [3.8, 4) is 0 Å². The maximum atomic E-state index is 10.3. The summed E-state index contributed by atoms with van der Waals surface area (Å²) in [6.45, 7) is 1.99. The van der Waals surface area contributed by atoms with Crippen LogP contribution in [0, 0.1) is 0 Å². The number of hydrogen-bond acceptors (Lipinski definition) is 3. The first-order chi connectivity index (χ1) is 3.81. The van der Waals surface area contributed by atoms with Crippen LogP contribution in [0.2, 0.25) is 0 Å². The van der Waals surface area contributed by atoms with Crippen molar-refractivity contribution in [3.05, 3.63) is 0 Å². The van der Waals surface area contributed by atoms with Gasteiger partial charge in [0.2, 0.25) is 0 Å². The Labute approximate surface area is 76.7 Å². The summed E-state index contributed by atoms with van der Waals surface area (Å²) in [6, 6.07) is 0. The third-order valence-corrected chi connectivity index (χ3v) is 0.621. The van der Waals surface area contributed by atoms with Crippen molar-refractivity contribution in [3.63, 3.8) is 0 Å². The third kappa shape index (κ3) is 8.43. The Morgan fingerprint density at radius 2 is 2.22 bits per heavy atom. The molecule has 3 nitrogen and oxygen atoms in total. The van der Waals surface area contributed by atoms with Crippen molar-refractivity contribution in [2.24, 2.45) is 0 Å². The van der Waals surface area contributed by atoms with Crippen LogP contribution in [0.5, 0.6) is 0 Å². The number of esters is 1. The van der Waals surface area contributed by atoms with Gasteiger partial charge in [-0.3, -0.25) is 4.79 Å². The van der Waals surface area contributed by atoms with Gasteiger partial charge in [0.25, 0.3) is 0 Å². The van der Waals surface area contributed by atoms with E-state index in [0.717, 1.165) is 0 Å². The van der Waals surface area contributed by atoms with Gasteiger partial charge in [0.15, 0.2) is 0 Å². The predicted molar refractivity (Wildman–Crippen MR) is 34.1 cm³/mol. The number of carbonyl (C=O) groups is 1. The smallest absolute Gasteiger partial charge is 0.308 e. The number of carbonyl (C=O) groups excluding carboxylic acids is 1. The van der Waals surface area contributed by atoms with Gasteiger partial charge in [-0.1, -0.05) is 0 Å². The summed E-state index contributed by atoms with van der Waals surface area (Å²) in [5, 5.41) is 8.16. The average molecular weight is 141 g/mol. The number of ether oxygens (including phenoxy) is 1. The van der Waals surface area contributed by atoms with Crippen LogP contribution in [-0.2, 0) is 9.53 Å². The van der Waals surface area contributed by atoms with Crippen LogP contribution in [0.3, 0.4) is 0 Å². The van der Waals surface area contributed by atoms with Gasteiger partial charge in [0.1, 0.15) is 0 Å². The SMILES string of the molecule is CCOC(=O)CCO.[Na]. The molecule has 0 amide bonds. The second kappa shape index (κ2) is 8.43. The average Bonchev–Trinajstić information content (AvgIpc) is 1.68. The molecule has 1 N–H and O–H groups in total. The molecule has 0 fully saturated rings. The Hall–Kier alpha value is 0.430. The fourth-order valence-corrected chi connectivity index (χ4v) is 0.324. The molecule has 4 heteroatoms. The van der Waals surface area contributed by atoms with Gasteiger partial charge in [-0.05, 0) is 6.92 Å². The van der Waals surface area contributed by atoms with E-state index in [1.807, 2.05) is 0 Å². The van der Waals surface area contributed by atoms with Gasteiger partial charge in [0, 0.05) is 29.6 Å². The minimum atomic E-state index is -0.338. The van der Waals surface area contributed by atoms with Crippen molar-refractivity contribution in [2.45, 2.75) is 13.3 Å². The van der Waals surface area contributed by atoms with E-state index in [1.165, 1.54) is 0 Å². The quantitative estimate of drug-likeness (QED) is 0.427. The normalized spacial score (nSPS) is 7.78. The van der Waals surface area contributed by atoms with E-state index in [2.05, 4.69) is 4.74 Å². The van der Waals surface area contributed by atoms with Crippen LogP contribution in [0.25, 0.3) is 0 Å². The van der Waals surface area contributed by atoms with Crippen molar-refractivity contribution in [1.82, 2.24) is 0 Å². The van der Waals surface area contributed by atoms with E-state index < -0.39 is 0 Å². The molecule has 49 valence electrons. The second-order valence-corrected chi connectivity index (χ2v) is 1.28. The molecule has 0 rings (SSSR count). The van der Waals surface area contributed by atoms with Crippen LogP contribution >= 0.6 is 0 Å². The molecule has 0 aromatic heterocycles. The fraction of sp³-hybridized carbons (Fsp3) is 0.800. The molecule has 0 heterocycles. The van der Waals surface area contributed by atoms with Crippen molar-refractivity contribution in [2.75, 3.05) is 13.2 Å². The number of aliphatic hydroxyl groups excluding tert-OH is 1. The van der Waals surface area contributed by atoms with Gasteiger partial charge in [-0.25, -0.2) is 0 Å².